The molecule has 3 aliphatic heterocycles. The maximum absolute atomic E-state index is 17.0. The molecular formula is C35H37F3N6O2. The van der Waals surface area contributed by atoms with Crippen molar-refractivity contribution in [2.75, 3.05) is 37.7 Å². The summed E-state index contributed by atoms with van der Waals surface area (Å²) >= 11 is 0. The first-order chi connectivity index (χ1) is 22.2. The van der Waals surface area contributed by atoms with Gasteiger partial charge in [0.25, 0.3) is 0 Å². The van der Waals surface area contributed by atoms with Crippen LogP contribution in [0.15, 0.2) is 24.3 Å². The fourth-order valence-electron chi connectivity index (χ4n) is 7.70. The summed E-state index contributed by atoms with van der Waals surface area (Å²) in [6, 6.07) is 5.68. The Morgan fingerprint density at radius 3 is 2.74 bits per heavy atom. The Kier molecular flexibility index (Phi) is 7.89. The van der Waals surface area contributed by atoms with E-state index < -0.39 is 23.3 Å². The number of hydrogen-bond donors (Lipinski definition) is 2. The molecule has 2 aromatic heterocycles. The highest BCUT2D eigenvalue weighted by Crippen LogP contribution is 2.42. The molecule has 5 heterocycles. The van der Waals surface area contributed by atoms with Gasteiger partial charge in [0.15, 0.2) is 5.82 Å². The number of aromatic nitrogens is 3. The second kappa shape index (κ2) is 11.9. The molecule has 46 heavy (non-hydrogen) atoms. The number of fused-ring (bicyclic) bond motifs is 3. The molecule has 0 bridgehead atoms. The zero-order valence-corrected chi connectivity index (χ0v) is 26.0. The van der Waals surface area contributed by atoms with Gasteiger partial charge in [-0.05, 0) is 86.0 Å². The molecule has 0 amide bonds. The van der Waals surface area contributed by atoms with Gasteiger partial charge < -0.3 is 20.5 Å². The highest BCUT2D eigenvalue weighted by molar-refractivity contribution is 6.03. The first-order valence-electron chi connectivity index (χ1n) is 16.0. The molecule has 2 aromatic carbocycles. The number of rotatable bonds is 6. The molecule has 4 aromatic rings. The number of halogens is 3. The van der Waals surface area contributed by atoms with E-state index in [4.69, 9.17) is 20.4 Å². The van der Waals surface area contributed by atoms with E-state index in [1.165, 1.54) is 18.2 Å². The van der Waals surface area contributed by atoms with Crippen LogP contribution in [-0.2, 0) is 6.42 Å². The smallest absolute Gasteiger partial charge is 0.319 e. The molecule has 3 saturated heterocycles. The molecule has 8 nitrogen and oxygen atoms in total. The van der Waals surface area contributed by atoms with Crippen LogP contribution in [0, 0.1) is 23.5 Å². The molecule has 3 fully saturated rings. The van der Waals surface area contributed by atoms with Crippen molar-refractivity contribution in [2.45, 2.75) is 70.1 Å². The van der Waals surface area contributed by atoms with E-state index in [1.807, 2.05) is 11.8 Å². The van der Waals surface area contributed by atoms with Crippen LogP contribution in [0.2, 0.25) is 0 Å². The summed E-state index contributed by atoms with van der Waals surface area (Å²) in [6.45, 7) is 5.96. The second-order valence-corrected chi connectivity index (χ2v) is 12.7. The number of piperidine rings is 1. The molecule has 7 rings (SSSR count). The largest absolute Gasteiger partial charge is 0.508 e. The summed E-state index contributed by atoms with van der Waals surface area (Å²) in [5.74, 6) is 5.01. The molecule has 0 aliphatic carbocycles. The number of ether oxygens (including phenoxy) is 1. The molecule has 3 aliphatic rings. The number of nitrogens with zero attached hydrogens (tertiary/aromatic N) is 5. The van der Waals surface area contributed by atoms with Crippen molar-refractivity contribution in [3.05, 3.63) is 47.2 Å². The number of aromatic hydroxyl groups is 1. The van der Waals surface area contributed by atoms with E-state index in [-0.39, 0.29) is 46.9 Å². The number of aryl methyl sites for hydroxylation is 1. The van der Waals surface area contributed by atoms with E-state index in [2.05, 4.69) is 21.7 Å². The number of phenolic OH excluding ortho intramolecular Hbond substituents is 1. The number of nitrogens with two attached hydrogens (primary N) is 1. The maximum Gasteiger partial charge on any atom is 0.319 e. The van der Waals surface area contributed by atoms with Crippen LogP contribution >= 0.6 is 0 Å². The van der Waals surface area contributed by atoms with Gasteiger partial charge in [-0.25, -0.2) is 18.2 Å². The molecular weight excluding hydrogens is 593 g/mol. The third-order valence-electron chi connectivity index (χ3n) is 9.74. The van der Waals surface area contributed by atoms with Crippen molar-refractivity contribution in [2.24, 2.45) is 5.73 Å². The molecule has 0 radical (unpaired) electrons. The molecule has 3 atom stereocenters. The van der Waals surface area contributed by atoms with Crippen molar-refractivity contribution in [1.29, 1.82) is 0 Å². The summed E-state index contributed by atoms with van der Waals surface area (Å²) < 4.78 is 52.9. The minimum Gasteiger partial charge on any atom is -0.508 e. The van der Waals surface area contributed by atoms with Crippen LogP contribution in [0.5, 0.6) is 11.8 Å². The van der Waals surface area contributed by atoms with Gasteiger partial charge in [0.2, 0.25) is 0 Å². The van der Waals surface area contributed by atoms with E-state index in [9.17, 15) is 9.50 Å². The third-order valence-corrected chi connectivity index (χ3v) is 9.74. The average molecular weight is 631 g/mol. The Morgan fingerprint density at radius 2 is 1.96 bits per heavy atom. The van der Waals surface area contributed by atoms with Crippen molar-refractivity contribution in [1.82, 2.24) is 19.9 Å². The fourth-order valence-corrected chi connectivity index (χ4v) is 7.70. The normalized spacial score (nSPS) is 23.1. The van der Waals surface area contributed by atoms with E-state index in [1.54, 1.807) is 13.0 Å². The van der Waals surface area contributed by atoms with Crippen LogP contribution in [0.25, 0.3) is 32.9 Å². The quantitative estimate of drug-likeness (QED) is 0.264. The van der Waals surface area contributed by atoms with Crippen LogP contribution in [0.4, 0.5) is 19.0 Å². The van der Waals surface area contributed by atoms with Crippen LogP contribution in [-0.4, -0.2) is 75.5 Å². The van der Waals surface area contributed by atoms with E-state index >= 15 is 8.78 Å². The molecule has 240 valence electrons. The van der Waals surface area contributed by atoms with Crippen LogP contribution < -0.4 is 15.4 Å². The highest BCUT2D eigenvalue weighted by atomic mass is 19.1. The SMILES string of the molecule is CC#Cc1nc(-c2cc(O)cc3ccc(F)c(CC)c23)c(F)c2nc(OC[C@@]34CCCN3C[C@H](F)C4)nc(N3CCC[C@@H](N)C3)c12. The Labute approximate surface area is 265 Å². The van der Waals surface area contributed by atoms with E-state index in [0.29, 0.717) is 60.0 Å². The molecule has 0 saturated carbocycles. The Hall–Kier alpha value is -4.14. The standard InChI is InChI=1S/C35H37F3N6O2/c1-3-7-27-29-32(30(38)31(40-27)25-15-23(45)14-20-9-10-26(37)24(4-2)28(20)25)41-34(42-33(29)43-12-5-8-22(39)18-43)46-19-35-11-6-13-44(35)17-21(36)16-35/h9-10,14-15,21-22,45H,4-6,8,11-13,16-19,39H2,1-2H3/t21-,22-,35+/m1/s1. The Balaban J connectivity index is 1.45. The predicted molar refractivity (Wildman–Crippen MR) is 172 cm³/mol. The molecule has 0 spiro atoms. The number of alkyl halides is 1. The lowest BCUT2D eigenvalue weighted by Crippen LogP contribution is -2.44. The lowest BCUT2D eigenvalue weighted by atomic mass is 9.94. The molecule has 11 heteroatoms. The van der Waals surface area contributed by atoms with Crippen LogP contribution in [0.3, 0.4) is 0 Å². The van der Waals surface area contributed by atoms with Gasteiger partial charge in [-0.1, -0.05) is 18.9 Å². The Bertz CT molecular complexity index is 1910. The predicted octanol–water partition coefficient (Wildman–Crippen LogP) is 5.65. The van der Waals surface area contributed by atoms with Crippen molar-refractivity contribution in [3.8, 4) is 34.9 Å². The van der Waals surface area contributed by atoms with Gasteiger partial charge in [0, 0.05) is 37.7 Å². The average Bonchev–Trinajstić information content (AvgIpc) is 3.56. The minimum absolute atomic E-state index is 0.0299. The zero-order valence-electron chi connectivity index (χ0n) is 26.0. The number of pyridine rings is 1. The number of anilines is 1. The van der Waals surface area contributed by atoms with Crippen molar-refractivity contribution in [3.63, 3.8) is 0 Å². The maximum atomic E-state index is 17.0. The van der Waals surface area contributed by atoms with Gasteiger partial charge in [-0.3, -0.25) is 4.90 Å². The molecule has 3 N–H and O–H groups in total. The minimum atomic E-state index is -0.928. The lowest BCUT2D eigenvalue weighted by Gasteiger charge is -2.33. The summed E-state index contributed by atoms with van der Waals surface area (Å²) in [5.41, 5.74) is 6.60. The first kappa shape index (κ1) is 30.5. The number of phenols is 1. The fraction of sp³-hybridized carbons (Fsp3) is 0.457. The van der Waals surface area contributed by atoms with Gasteiger partial charge in [0.1, 0.15) is 47.1 Å². The van der Waals surface area contributed by atoms with Gasteiger partial charge in [0.05, 0.1) is 10.9 Å². The summed E-state index contributed by atoms with van der Waals surface area (Å²) in [4.78, 5) is 18.3. The monoisotopic (exact) mass is 630 g/mol. The number of benzene rings is 2. The molecule has 0 unspecified atom stereocenters. The van der Waals surface area contributed by atoms with Gasteiger partial charge >= 0.3 is 6.01 Å². The van der Waals surface area contributed by atoms with Gasteiger partial charge in [-0.15, -0.1) is 0 Å². The Morgan fingerprint density at radius 1 is 1.11 bits per heavy atom. The number of hydrogen-bond acceptors (Lipinski definition) is 8. The van der Waals surface area contributed by atoms with Crippen molar-refractivity contribution >= 4 is 27.5 Å². The van der Waals surface area contributed by atoms with E-state index in [0.717, 1.165) is 32.2 Å². The third kappa shape index (κ3) is 5.17. The lowest BCUT2D eigenvalue weighted by molar-refractivity contribution is 0.107. The summed E-state index contributed by atoms with van der Waals surface area (Å²) in [6.07, 6.45) is 3.21. The zero-order chi connectivity index (χ0) is 32.2. The van der Waals surface area contributed by atoms with Gasteiger partial charge in [-0.2, -0.15) is 9.97 Å². The topological polar surface area (TPSA) is 101 Å². The first-order valence-corrected chi connectivity index (χ1v) is 16.0. The summed E-state index contributed by atoms with van der Waals surface area (Å²) in [7, 11) is 0. The summed E-state index contributed by atoms with van der Waals surface area (Å²) in [5, 5.41) is 12.0. The second-order valence-electron chi connectivity index (χ2n) is 12.7. The van der Waals surface area contributed by atoms with Crippen molar-refractivity contribution < 1.29 is 23.0 Å². The van der Waals surface area contributed by atoms with Crippen LogP contribution in [0.1, 0.15) is 57.2 Å². The highest BCUT2D eigenvalue weighted by Gasteiger charge is 2.49.